The number of carbonyl (C=O) groups is 2. The molecule has 9 nitrogen and oxygen atoms in total. The summed E-state index contributed by atoms with van der Waals surface area (Å²) >= 11 is 0.981. The van der Waals surface area contributed by atoms with E-state index in [0.29, 0.717) is 17.8 Å². The Hall–Kier alpha value is -2.85. The van der Waals surface area contributed by atoms with Crippen LogP contribution in [0.3, 0.4) is 0 Å². The number of nitrogens with one attached hydrogen (secondary N) is 2. The van der Waals surface area contributed by atoms with E-state index in [1.54, 1.807) is 12.1 Å². The standard InChI is InChI=1S/C18H22N6O3S/c19-16(25)14-15(12-4-6-13(22-27)7-5-12)23-28-17(14)21-18(26)20-8-3-11-24-9-1-2-10-24/h4-7H,1-3,8-11H2,(H2,19,25)(H2,20,21,26). The molecule has 0 aliphatic carbocycles. The molecule has 1 aromatic heterocycles. The van der Waals surface area contributed by atoms with E-state index in [-0.39, 0.29) is 16.3 Å². The fourth-order valence-corrected chi connectivity index (χ4v) is 3.95. The first kappa shape index (κ1) is 19.9. The van der Waals surface area contributed by atoms with Crippen LogP contribution in [0.2, 0.25) is 0 Å². The Morgan fingerprint density at radius 3 is 2.57 bits per heavy atom. The Labute approximate surface area is 166 Å². The van der Waals surface area contributed by atoms with Crippen molar-refractivity contribution in [1.82, 2.24) is 14.6 Å². The minimum Gasteiger partial charge on any atom is -0.365 e. The molecule has 10 heteroatoms. The van der Waals surface area contributed by atoms with E-state index >= 15 is 0 Å². The first-order chi connectivity index (χ1) is 13.6. The van der Waals surface area contributed by atoms with Gasteiger partial charge in [0.2, 0.25) is 0 Å². The average molecular weight is 402 g/mol. The van der Waals surface area contributed by atoms with Crippen molar-refractivity contribution in [2.24, 2.45) is 10.9 Å². The Kier molecular flexibility index (Phi) is 6.66. The van der Waals surface area contributed by atoms with Gasteiger partial charge >= 0.3 is 6.03 Å². The van der Waals surface area contributed by atoms with Crippen molar-refractivity contribution in [3.05, 3.63) is 34.7 Å². The molecule has 2 heterocycles. The Morgan fingerprint density at radius 2 is 1.93 bits per heavy atom. The maximum absolute atomic E-state index is 12.2. The van der Waals surface area contributed by atoms with Gasteiger partial charge in [-0.2, -0.15) is 4.37 Å². The molecule has 3 amide bonds. The molecular formula is C18H22N6O3S. The summed E-state index contributed by atoms with van der Waals surface area (Å²) in [5.74, 6) is -0.689. The van der Waals surface area contributed by atoms with Crippen molar-refractivity contribution in [2.75, 3.05) is 31.5 Å². The normalized spacial score (nSPS) is 14.0. The predicted octanol–water partition coefficient (Wildman–Crippen LogP) is 2.91. The zero-order valence-corrected chi connectivity index (χ0v) is 16.1. The lowest BCUT2D eigenvalue weighted by atomic mass is 10.1. The number of nitrogens with zero attached hydrogens (tertiary/aromatic N) is 3. The number of rotatable bonds is 8. The molecule has 1 aliphatic rings. The van der Waals surface area contributed by atoms with Crippen molar-refractivity contribution in [3.8, 4) is 11.3 Å². The molecule has 0 atom stereocenters. The van der Waals surface area contributed by atoms with Crippen LogP contribution in [-0.4, -0.2) is 47.4 Å². The quantitative estimate of drug-likeness (QED) is 0.462. The van der Waals surface area contributed by atoms with Crippen LogP contribution in [0, 0.1) is 4.91 Å². The van der Waals surface area contributed by atoms with Gasteiger partial charge in [-0.15, -0.1) is 4.91 Å². The SMILES string of the molecule is NC(=O)c1c(-c2ccc(N=O)cc2)nsc1NC(=O)NCCCN1CCCC1. The second kappa shape index (κ2) is 9.38. The number of amides is 3. The molecule has 1 aromatic carbocycles. The molecule has 1 saturated heterocycles. The van der Waals surface area contributed by atoms with Gasteiger partial charge in [-0.05, 0) is 67.7 Å². The van der Waals surface area contributed by atoms with E-state index in [0.717, 1.165) is 37.6 Å². The first-order valence-electron chi connectivity index (χ1n) is 9.09. The summed E-state index contributed by atoms with van der Waals surface area (Å²) in [5, 5.41) is 8.57. The fraction of sp³-hybridized carbons (Fsp3) is 0.389. The molecule has 1 fully saturated rings. The van der Waals surface area contributed by atoms with Crippen LogP contribution in [-0.2, 0) is 0 Å². The Balaban J connectivity index is 1.61. The fourth-order valence-electron chi connectivity index (χ4n) is 3.14. The zero-order chi connectivity index (χ0) is 19.9. The number of hydrogen-bond donors (Lipinski definition) is 3. The molecule has 3 rings (SSSR count). The van der Waals surface area contributed by atoms with E-state index in [1.165, 1.54) is 25.0 Å². The number of likely N-dealkylation sites (tertiary alicyclic amines) is 1. The largest absolute Gasteiger partial charge is 0.365 e. The third kappa shape index (κ3) is 4.90. The molecule has 28 heavy (non-hydrogen) atoms. The second-order valence-electron chi connectivity index (χ2n) is 6.52. The smallest absolute Gasteiger partial charge is 0.319 e. The Morgan fingerprint density at radius 1 is 1.21 bits per heavy atom. The van der Waals surface area contributed by atoms with E-state index in [9.17, 15) is 14.5 Å². The zero-order valence-electron chi connectivity index (χ0n) is 15.3. The molecule has 4 N–H and O–H groups in total. The number of benzene rings is 1. The average Bonchev–Trinajstić information content (AvgIpc) is 3.35. The molecule has 0 radical (unpaired) electrons. The number of anilines is 1. The highest BCUT2D eigenvalue weighted by atomic mass is 32.1. The van der Waals surface area contributed by atoms with Crippen molar-refractivity contribution < 1.29 is 9.59 Å². The van der Waals surface area contributed by atoms with Crippen LogP contribution >= 0.6 is 11.5 Å². The summed E-state index contributed by atoms with van der Waals surface area (Å²) in [6.07, 6.45) is 3.35. The third-order valence-electron chi connectivity index (χ3n) is 4.55. The van der Waals surface area contributed by atoms with Gasteiger partial charge in [-0.3, -0.25) is 10.1 Å². The summed E-state index contributed by atoms with van der Waals surface area (Å²) in [4.78, 5) is 37.0. The van der Waals surface area contributed by atoms with Gasteiger partial charge in [-0.1, -0.05) is 12.1 Å². The second-order valence-corrected chi connectivity index (χ2v) is 7.29. The van der Waals surface area contributed by atoms with E-state index in [1.807, 2.05) is 0 Å². The van der Waals surface area contributed by atoms with E-state index in [2.05, 4.69) is 25.1 Å². The molecule has 2 aromatic rings. The monoisotopic (exact) mass is 402 g/mol. The summed E-state index contributed by atoms with van der Waals surface area (Å²) in [6.45, 7) is 3.76. The van der Waals surface area contributed by atoms with Gasteiger partial charge in [0.15, 0.2) is 0 Å². The van der Waals surface area contributed by atoms with Crippen LogP contribution in [0.15, 0.2) is 29.4 Å². The number of carbonyl (C=O) groups excluding carboxylic acids is 2. The maximum Gasteiger partial charge on any atom is 0.319 e. The molecular weight excluding hydrogens is 380 g/mol. The molecule has 0 saturated carbocycles. The van der Waals surface area contributed by atoms with Crippen molar-refractivity contribution >= 4 is 34.2 Å². The van der Waals surface area contributed by atoms with Gasteiger partial charge in [0.25, 0.3) is 5.91 Å². The molecule has 1 aliphatic heterocycles. The summed E-state index contributed by atoms with van der Waals surface area (Å²) in [6, 6.07) is 5.89. The highest BCUT2D eigenvalue weighted by Gasteiger charge is 2.21. The maximum atomic E-state index is 12.2. The molecule has 0 bridgehead atoms. The van der Waals surface area contributed by atoms with E-state index < -0.39 is 11.9 Å². The molecule has 148 valence electrons. The third-order valence-corrected chi connectivity index (χ3v) is 5.31. The number of urea groups is 1. The number of primary amides is 1. The van der Waals surface area contributed by atoms with Crippen LogP contribution in [0.5, 0.6) is 0 Å². The van der Waals surface area contributed by atoms with Crippen molar-refractivity contribution in [1.29, 1.82) is 0 Å². The topological polar surface area (TPSA) is 130 Å². The van der Waals surface area contributed by atoms with Crippen molar-refractivity contribution in [2.45, 2.75) is 19.3 Å². The molecule has 0 unspecified atom stereocenters. The number of aromatic nitrogens is 1. The lowest BCUT2D eigenvalue weighted by molar-refractivity contribution is 0.100. The predicted molar refractivity (Wildman–Crippen MR) is 109 cm³/mol. The highest BCUT2D eigenvalue weighted by molar-refractivity contribution is 7.11. The number of nitrogens with two attached hydrogens (primary N) is 1. The van der Waals surface area contributed by atoms with Crippen LogP contribution in [0.4, 0.5) is 15.5 Å². The van der Waals surface area contributed by atoms with Crippen LogP contribution in [0.25, 0.3) is 11.3 Å². The minimum atomic E-state index is -0.689. The summed E-state index contributed by atoms with van der Waals surface area (Å²) in [5.41, 5.74) is 6.88. The highest BCUT2D eigenvalue weighted by Crippen LogP contribution is 2.32. The van der Waals surface area contributed by atoms with E-state index in [4.69, 9.17) is 5.73 Å². The number of hydrogen-bond acceptors (Lipinski definition) is 7. The lowest BCUT2D eigenvalue weighted by Gasteiger charge is -2.14. The lowest BCUT2D eigenvalue weighted by Crippen LogP contribution is -2.32. The summed E-state index contributed by atoms with van der Waals surface area (Å²) < 4.78 is 4.25. The van der Waals surface area contributed by atoms with Crippen LogP contribution in [0.1, 0.15) is 29.6 Å². The van der Waals surface area contributed by atoms with Crippen LogP contribution < -0.4 is 16.4 Å². The van der Waals surface area contributed by atoms with Crippen molar-refractivity contribution in [3.63, 3.8) is 0 Å². The number of nitroso groups, excluding NO2 is 1. The van der Waals surface area contributed by atoms with Gasteiger partial charge in [-0.25, -0.2) is 4.79 Å². The van der Waals surface area contributed by atoms with Gasteiger partial charge in [0.1, 0.15) is 16.3 Å². The Bertz CT molecular complexity index is 846. The van der Waals surface area contributed by atoms with Gasteiger partial charge in [0.05, 0.1) is 5.69 Å². The minimum absolute atomic E-state index is 0.143. The molecule has 0 spiro atoms. The van der Waals surface area contributed by atoms with Gasteiger partial charge in [0, 0.05) is 12.1 Å². The summed E-state index contributed by atoms with van der Waals surface area (Å²) in [7, 11) is 0. The first-order valence-corrected chi connectivity index (χ1v) is 9.86. The van der Waals surface area contributed by atoms with Gasteiger partial charge < -0.3 is 16.0 Å².